The SMILES string of the molecule is COc1cccc(C=C2SC(=O)N(CC(=O)N[C@@H]3CSC[C@@H]3O)C2=O)c1. The second-order valence-corrected chi connectivity index (χ2v) is 7.89. The van der Waals surface area contributed by atoms with E-state index in [1.807, 2.05) is 0 Å². The molecule has 0 bridgehead atoms. The third-order valence-corrected chi connectivity index (χ3v) is 6.04. The molecule has 0 aliphatic carbocycles. The molecular formula is C17H18N2O5S2. The maximum atomic E-state index is 12.5. The number of aliphatic hydroxyl groups is 1. The molecule has 0 spiro atoms. The van der Waals surface area contributed by atoms with Crippen LogP contribution in [-0.4, -0.2) is 64.4 Å². The number of nitrogens with one attached hydrogen (secondary N) is 1. The Labute approximate surface area is 159 Å². The van der Waals surface area contributed by atoms with Crippen LogP contribution in [-0.2, 0) is 9.59 Å². The van der Waals surface area contributed by atoms with Crippen LogP contribution in [0, 0.1) is 0 Å². The van der Waals surface area contributed by atoms with Crippen molar-refractivity contribution in [3.63, 3.8) is 0 Å². The smallest absolute Gasteiger partial charge is 0.294 e. The molecule has 2 aliphatic heterocycles. The van der Waals surface area contributed by atoms with Gasteiger partial charge in [0.15, 0.2) is 0 Å². The van der Waals surface area contributed by atoms with Crippen LogP contribution < -0.4 is 10.1 Å². The maximum absolute atomic E-state index is 12.5. The van der Waals surface area contributed by atoms with E-state index in [9.17, 15) is 19.5 Å². The molecule has 138 valence electrons. The topological polar surface area (TPSA) is 95.9 Å². The average Bonchev–Trinajstić information content (AvgIpc) is 3.13. The first-order chi connectivity index (χ1) is 12.5. The molecule has 2 heterocycles. The van der Waals surface area contributed by atoms with Crippen molar-refractivity contribution in [1.29, 1.82) is 0 Å². The van der Waals surface area contributed by atoms with Gasteiger partial charge in [0.1, 0.15) is 12.3 Å². The predicted octanol–water partition coefficient (Wildman–Crippen LogP) is 1.32. The van der Waals surface area contributed by atoms with Crippen LogP contribution in [0.25, 0.3) is 6.08 Å². The van der Waals surface area contributed by atoms with Gasteiger partial charge in [-0.2, -0.15) is 11.8 Å². The van der Waals surface area contributed by atoms with E-state index in [2.05, 4.69) is 5.32 Å². The molecule has 9 heteroatoms. The lowest BCUT2D eigenvalue weighted by Gasteiger charge is -2.18. The van der Waals surface area contributed by atoms with E-state index in [1.165, 1.54) is 0 Å². The Hall–Kier alpha value is -1.97. The maximum Gasteiger partial charge on any atom is 0.294 e. The van der Waals surface area contributed by atoms with E-state index in [4.69, 9.17) is 4.74 Å². The highest BCUT2D eigenvalue weighted by atomic mass is 32.2. The molecule has 0 unspecified atom stereocenters. The lowest BCUT2D eigenvalue weighted by atomic mass is 10.2. The summed E-state index contributed by atoms with van der Waals surface area (Å²) < 4.78 is 5.14. The fraction of sp³-hybridized carbons (Fsp3) is 0.353. The summed E-state index contributed by atoms with van der Waals surface area (Å²) in [6.07, 6.45) is 0.995. The highest BCUT2D eigenvalue weighted by Gasteiger charge is 2.37. The highest BCUT2D eigenvalue weighted by molar-refractivity contribution is 8.18. The van der Waals surface area contributed by atoms with Gasteiger partial charge in [-0.05, 0) is 35.5 Å². The zero-order chi connectivity index (χ0) is 18.7. The summed E-state index contributed by atoms with van der Waals surface area (Å²) in [7, 11) is 1.55. The third kappa shape index (κ3) is 4.22. The first-order valence-corrected chi connectivity index (χ1v) is 9.89. The Morgan fingerprint density at radius 2 is 2.23 bits per heavy atom. The molecule has 1 aromatic rings. The fourth-order valence-electron chi connectivity index (χ4n) is 2.60. The highest BCUT2D eigenvalue weighted by Crippen LogP contribution is 2.32. The molecule has 26 heavy (non-hydrogen) atoms. The van der Waals surface area contributed by atoms with Gasteiger partial charge in [-0.25, -0.2) is 0 Å². The number of nitrogens with zero attached hydrogens (tertiary/aromatic N) is 1. The lowest BCUT2D eigenvalue weighted by molar-refractivity contribution is -0.129. The van der Waals surface area contributed by atoms with Gasteiger partial charge in [0, 0.05) is 11.5 Å². The van der Waals surface area contributed by atoms with Crippen LogP contribution >= 0.6 is 23.5 Å². The van der Waals surface area contributed by atoms with Crippen LogP contribution in [0.3, 0.4) is 0 Å². The van der Waals surface area contributed by atoms with Gasteiger partial charge in [0.25, 0.3) is 11.1 Å². The summed E-state index contributed by atoms with van der Waals surface area (Å²) in [4.78, 5) is 37.9. The minimum absolute atomic E-state index is 0.257. The Bertz CT molecular complexity index is 767. The first-order valence-electron chi connectivity index (χ1n) is 7.92. The zero-order valence-corrected chi connectivity index (χ0v) is 15.6. The van der Waals surface area contributed by atoms with Crippen LogP contribution in [0.2, 0.25) is 0 Å². The number of amides is 3. The van der Waals surface area contributed by atoms with Crippen LogP contribution in [0.4, 0.5) is 4.79 Å². The molecule has 2 fully saturated rings. The number of thioether (sulfide) groups is 2. The van der Waals surface area contributed by atoms with Gasteiger partial charge in [-0.3, -0.25) is 19.3 Å². The molecule has 0 radical (unpaired) electrons. The summed E-state index contributed by atoms with van der Waals surface area (Å²) in [5.74, 6) is 0.867. The van der Waals surface area contributed by atoms with Gasteiger partial charge < -0.3 is 15.2 Å². The number of carbonyl (C=O) groups excluding carboxylic acids is 3. The molecule has 7 nitrogen and oxygen atoms in total. The number of hydrogen-bond donors (Lipinski definition) is 2. The summed E-state index contributed by atoms with van der Waals surface area (Å²) in [5, 5.41) is 11.9. The minimum atomic E-state index is -0.605. The number of benzene rings is 1. The van der Waals surface area contributed by atoms with Crippen molar-refractivity contribution in [1.82, 2.24) is 10.2 Å². The van der Waals surface area contributed by atoms with Crippen molar-refractivity contribution in [2.45, 2.75) is 12.1 Å². The molecule has 2 saturated heterocycles. The molecule has 3 rings (SSSR count). The molecular weight excluding hydrogens is 376 g/mol. The lowest BCUT2D eigenvalue weighted by Crippen LogP contribution is -2.47. The van der Waals surface area contributed by atoms with E-state index in [0.29, 0.717) is 17.3 Å². The summed E-state index contributed by atoms with van der Waals surface area (Å²) in [5.41, 5.74) is 0.727. The van der Waals surface area contributed by atoms with Crippen LogP contribution in [0.15, 0.2) is 29.2 Å². The standard InChI is InChI=1S/C17H18N2O5S2/c1-24-11-4-2-3-10(5-11)6-14-16(22)19(17(23)26-14)7-15(21)18-12-8-25-9-13(12)20/h2-6,12-13,20H,7-9H2,1H3,(H,18,21)/t12-,13+/m1/s1. The number of aliphatic hydroxyl groups excluding tert-OH is 1. The van der Waals surface area contributed by atoms with E-state index >= 15 is 0 Å². The number of carbonyl (C=O) groups is 3. The van der Waals surface area contributed by atoms with Crippen LogP contribution in [0.5, 0.6) is 5.75 Å². The molecule has 2 atom stereocenters. The molecule has 3 amide bonds. The van der Waals surface area contributed by atoms with Crippen molar-refractivity contribution in [2.75, 3.05) is 25.2 Å². The number of imide groups is 1. The Balaban J connectivity index is 1.66. The van der Waals surface area contributed by atoms with E-state index < -0.39 is 23.2 Å². The van der Waals surface area contributed by atoms with Gasteiger partial charge in [0.05, 0.1) is 24.2 Å². The predicted molar refractivity (Wildman–Crippen MR) is 101 cm³/mol. The first kappa shape index (κ1) is 18.8. The quantitative estimate of drug-likeness (QED) is 0.727. The largest absolute Gasteiger partial charge is 0.497 e. The molecule has 0 saturated carbocycles. The van der Waals surface area contributed by atoms with E-state index in [0.717, 1.165) is 22.2 Å². The number of rotatable bonds is 5. The van der Waals surface area contributed by atoms with E-state index in [-0.39, 0.29) is 17.5 Å². The van der Waals surface area contributed by atoms with Gasteiger partial charge in [0.2, 0.25) is 5.91 Å². The molecule has 1 aromatic carbocycles. The Morgan fingerprint density at radius 1 is 1.42 bits per heavy atom. The van der Waals surface area contributed by atoms with Gasteiger partial charge in [-0.1, -0.05) is 12.1 Å². The fourth-order valence-corrected chi connectivity index (χ4v) is 4.60. The summed E-state index contributed by atoms with van der Waals surface area (Å²) in [6, 6.07) is 6.76. The minimum Gasteiger partial charge on any atom is -0.497 e. The normalized spacial score (nSPS) is 24.4. The second kappa shape index (κ2) is 8.15. The van der Waals surface area contributed by atoms with Crippen molar-refractivity contribution in [3.8, 4) is 5.75 Å². The molecule has 2 N–H and O–H groups in total. The van der Waals surface area contributed by atoms with E-state index in [1.54, 1.807) is 49.2 Å². The Kier molecular flexibility index (Phi) is 5.90. The second-order valence-electron chi connectivity index (χ2n) is 5.82. The Morgan fingerprint density at radius 3 is 2.92 bits per heavy atom. The zero-order valence-electron chi connectivity index (χ0n) is 14.0. The molecule has 2 aliphatic rings. The van der Waals surface area contributed by atoms with Gasteiger partial charge >= 0.3 is 0 Å². The number of methoxy groups -OCH3 is 1. The summed E-state index contributed by atoms with van der Waals surface area (Å²) in [6.45, 7) is -0.353. The van der Waals surface area contributed by atoms with Crippen molar-refractivity contribution < 1.29 is 24.2 Å². The van der Waals surface area contributed by atoms with Crippen LogP contribution in [0.1, 0.15) is 5.56 Å². The number of hydrogen-bond acceptors (Lipinski definition) is 7. The van der Waals surface area contributed by atoms with Crippen molar-refractivity contribution in [3.05, 3.63) is 34.7 Å². The molecule has 0 aromatic heterocycles. The monoisotopic (exact) mass is 394 g/mol. The van der Waals surface area contributed by atoms with Crippen molar-refractivity contribution in [2.24, 2.45) is 0 Å². The van der Waals surface area contributed by atoms with Gasteiger partial charge in [-0.15, -0.1) is 0 Å². The van der Waals surface area contributed by atoms with Crippen molar-refractivity contribution >= 4 is 46.7 Å². The number of ether oxygens (including phenoxy) is 1. The summed E-state index contributed by atoms with van der Waals surface area (Å²) >= 11 is 2.34. The average molecular weight is 394 g/mol. The third-order valence-electron chi connectivity index (χ3n) is 3.96.